The van der Waals surface area contributed by atoms with Gasteiger partial charge in [-0.3, -0.25) is 18.4 Å². The summed E-state index contributed by atoms with van der Waals surface area (Å²) in [5.41, 5.74) is 2.04. The van der Waals surface area contributed by atoms with Crippen molar-refractivity contribution >= 4 is 36.8 Å². The Morgan fingerprint density at radius 1 is 1.26 bits per heavy atom. The Labute approximate surface area is 247 Å². The fraction of sp³-hybridized carbons (Fsp3) is 0.720. The third-order valence-electron chi connectivity index (χ3n) is 7.02. The molecule has 1 aliphatic heterocycles. The van der Waals surface area contributed by atoms with Crippen LogP contribution in [0.3, 0.4) is 0 Å². The van der Waals surface area contributed by atoms with Gasteiger partial charge in [-0.1, -0.05) is 13.8 Å². The Morgan fingerprint density at radius 3 is 2.51 bits per heavy atom. The third-order valence-corrected chi connectivity index (χ3v) is 8.62. The van der Waals surface area contributed by atoms with Crippen LogP contribution in [0.25, 0.3) is 11.2 Å². The first-order valence-electron chi connectivity index (χ1n) is 13.8. The highest BCUT2D eigenvalue weighted by molar-refractivity contribution is 7.51. The second kappa shape index (κ2) is 12.2. The first kappa shape index (κ1) is 33.0. The zero-order valence-electron chi connectivity index (χ0n) is 25.0. The number of anilines is 1. The summed E-state index contributed by atoms with van der Waals surface area (Å²) in [6.45, 7) is 9.16. The van der Waals surface area contributed by atoms with Gasteiger partial charge in [-0.15, -0.1) is 0 Å². The summed E-state index contributed by atoms with van der Waals surface area (Å²) < 4.78 is 47.9. The number of nitrogens with two attached hydrogens (primary N) is 1. The predicted molar refractivity (Wildman–Crippen MR) is 148 cm³/mol. The van der Waals surface area contributed by atoms with Crippen LogP contribution in [-0.2, 0) is 37.4 Å². The summed E-state index contributed by atoms with van der Waals surface area (Å²) in [4.78, 5) is 37.3. The standard InChI is InChI=1S/C25H39N6O11P/c1-8-38-15(32)10-39-43(36,30-14(9-12(2)3)21(33)40-13(4)5)42-18-17-25(18,35)24(6,34)22(41-17)31-11-27-16-19(31)28-23(26)29-20(16)37-7/h11-14,17-18,22,34-35H,8-10H2,1-7H3,(H,30,36)(H2,26,28,29). The lowest BCUT2D eigenvalue weighted by molar-refractivity contribution is -0.156. The van der Waals surface area contributed by atoms with Crippen molar-refractivity contribution in [2.24, 2.45) is 5.92 Å². The second-order valence-corrected chi connectivity index (χ2v) is 12.9. The molecule has 5 N–H and O–H groups in total. The molecule has 18 heteroatoms. The number of nitrogens with one attached hydrogen (secondary N) is 1. The van der Waals surface area contributed by atoms with Crippen molar-refractivity contribution in [1.82, 2.24) is 24.6 Å². The number of esters is 2. The first-order valence-corrected chi connectivity index (χ1v) is 15.3. The van der Waals surface area contributed by atoms with Crippen molar-refractivity contribution in [2.45, 2.75) is 89.7 Å². The monoisotopic (exact) mass is 630 g/mol. The van der Waals surface area contributed by atoms with E-state index in [2.05, 4.69) is 20.0 Å². The highest BCUT2D eigenvalue weighted by atomic mass is 31.2. The van der Waals surface area contributed by atoms with Gasteiger partial charge in [0.25, 0.3) is 0 Å². The van der Waals surface area contributed by atoms with Gasteiger partial charge in [-0.05, 0) is 40.0 Å². The maximum atomic E-state index is 14.1. The van der Waals surface area contributed by atoms with E-state index < -0.39 is 68.1 Å². The summed E-state index contributed by atoms with van der Waals surface area (Å²) in [6.07, 6.45) is -2.82. The predicted octanol–water partition coefficient (Wildman–Crippen LogP) is 0.839. The summed E-state index contributed by atoms with van der Waals surface area (Å²) in [7, 11) is -3.18. The number of carbonyl (C=O) groups excluding carboxylic acids is 2. The number of hydrogen-bond donors (Lipinski definition) is 4. The number of ether oxygens (including phenoxy) is 4. The highest BCUT2D eigenvalue weighted by Crippen LogP contribution is 2.65. The Hall–Kier alpha value is -2.92. The van der Waals surface area contributed by atoms with Gasteiger partial charge in [-0.25, -0.2) is 19.4 Å². The number of fused-ring (bicyclic) bond motifs is 2. The number of aliphatic hydroxyl groups is 2. The Kier molecular flexibility index (Phi) is 9.38. The van der Waals surface area contributed by atoms with Gasteiger partial charge in [0.2, 0.25) is 11.8 Å². The molecular formula is C25H39N6O11P. The van der Waals surface area contributed by atoms with E-state index in [9.17, 15) is 24.4 Å². The molecule has 17 nitrogen and oxygen atoms in total. The smallest absolute Gasteiger partial charge is 0.407 e. The zero-order valence-corrected chi connectivity index (χ0v) is 25.9. The molecule has 240 valence electrons. The average molecular weight is 631 g/mol. The minimum Gasteiger partial charge on any atom is -0.479 e. The quantitative estimate of drug-likeness (QED) is 0.167. The molecule has 2 aliphatic rings. The number of methoxy groups -OCH3 is 1. The maximum Gasteiger partial charge on any atom is 0.407 e. The van der Waals surface area contributed by atoms with Gasteiger partial charge >= 0.3 is 19.7 Å². The van der Waals surface area contributed by atoms with Gasteiger partial charge in [-0.2, -0.15) is 9.97 Å². The minimum absolute atomic E-state index is 0.0470. The molecule has 4 rings (SSSR count). The summed E-state index contributed by atoms with van der Waals surface area (Å²) >= 11 is 0. The van der Waals surface area contributed by atoms with Crippen molar-refractivity contribution in [2.75, 3.05) is 26.1 Å². The second-order valence-electron chi connectivity index (χ2n) is 11.2. The van der Waals surface area contributed by atoms with E-state index in [0.29, 0.717) is 0 Å². The highest BCUT2D eigenvalue weighted by Gasteiger charge is 2.84. The van der Waals surface area contributed by atoms with E-state index >= 15 is 0 Å². The van der Waals surface area contributed by atoms with Crippen LogP contribution in [0.4, 0.5) is 5.95 Å². The largest absolute Gasteiger partial charge is 0.479 e. The van der Waals surface area contributed by atoms with Gasteiger partial charge in [0.05, 0.1) is 26.1 Å². The molecule has 1 aliphatic carbocycles. The van der Waals surface area contributed by atoms with E-state index in [0.717, 1.165) is 0 Å². The maximum absolute atomic E-state index is 14.1. The number of carbonyl (C=O) groups is 2. The number of hydrogen-bond acceptors (Lipinski definition) is 15. The Balaban J connectivity index is 1.60. The summed E-state index contributed by atoms with van der Waals surface area (Å²) in [5.74, 6) is -1.62. The molecule has 43 heavy (non-hydrogen) atoms. The van der Waals surface area contributed by atoms with Crippen LogP contribution in [-0.4, -0.2) is 97.6 Å². The molecule has 0 bridgehead atoms. The summed E-state index contributed by atoms with van der Waals surface area (Å²) in [6, 6.07) is -1.16. The minimum atomic E-state index is -4.56. The van der Waals surface area contributed by atoms with Crippen LogP contribution in [0.5, 0.6) is 5.88 Å². The topological polar surface area (TPSA) is 229 Å². The molecule has 2 aromatic heterocycles. The van der Waals surface area contributed by atoms with E-state index in [4.69, 9.17) is 33.7 Å². The van der Waals surface area contributed by atoms with Crippen LogP contribution in [0, 0.1) is 5.92 Å². The lowest BCUT2D eigenvalue weighted by Crippen LogP contribution is -2.49. The third kappa shape index (κ3) is 6.34. The number of aromatic nitrogens is 4. The molecule has 7 atom stereocenters. The van der Waals surface area contributed by atoms with E-state index in [1.54, 1.807) is 20.8 Å². The molecule has 7 unspecified atom stereocenters. The van der Waals surface area contributed by atoms with Crippen molar-refractivity contribution < 1.29 is 52.4 Å². The van der Waals surface area contributed by atoms with Crippen molar-refractivity contribution in [3.05, 3.63) is 6.33 Å². The van der Waals surface area contributed by atoms with Crippen LogP contribution in [0.15, 0.2) is 6.33 Å². The molecule has 2 fully saturated rings. The van der Waals surface area contributed by atoms with Crippen molar-refractivity contribution in [3.8, 4) is 5.88 Å². The molecule has 1 saturated carbocycles. The molecule has 3 heterocycles. The lowest BCUT2D eigenvalue weighted by atomic mass is 9.95. The van der Waals surface area contributed by atoms with Crippen molar-refractivity contribution in [1.29, 1.82) is 0 Å². The van der Waals surface area contributed by atoms with Crippen LogP contribution in [0.1, 0.15) is 54.2 Å². The fourth-order valence-electron chi connectivity index (χ4n) is 4.99. The molecule has 1 saturated heterocycles. The number of rotatable bonds is 14. The normalized spacial score (nSPS) is 28.5. The van der Waals surface area contributed by atoms with Gasteiger partial charge in [0, 0.05) is 0 Å². The average Bonchev–Trinajstić information content (AvgIpc) is 3.16. The Morgan fingerprint density at radius 2 is 1.95 bits per heavy atom. The molecule has 0 aromatic carbocycles. The van der Waals surface area contributed by atoms with Crippen LogP contribution >= 0.6 is 7.75 Å². The van der Waals surface area contributed by atoms with E-state index in [1.165, 1.54) is 24.9 Å². The SMILES string of the molecule is CCOC(=O)COP(=O)(NC(CC(C)C)C(=O)OC(C)C)OC1C2OC(n3cnc4c(OC)nc(N)nc43)C(C)(O)C21O. The summed E-state index contributed by atoms with van der Waals surface area (Å²) in [5, 5.41) is 25.7. The van der Waals surface area contributed by atoms with E-state index in [-0.39, 0.29) is 41.9 Å². The first-order chi connectivity index (χ1) is 20.1. The lowest BCUT2D eigenvalue weighted by Gasteiger charge is -2.34. The van der Waals surface area contributed by atoms with Gasteiger partial charge < -0.3 is 34.9 Å². The molecule has 0 spiro atoms. The number of nitrogens with zero attached hydrogens (tertiary/aromatic N) is 4. The molecule has 2 aromatic rings. The number of imidazole rings is 1. The van der Waals surface area contributed by atoms with Gasteiger partial charge in [0.15, 0.2) is 29.6 Å². The Bertz CT molecular complexity index is 1400. The van der Waals surface area contributed by atoms with Crippen LogP contribution in [0.2, 0.25) is 0 Å². The molecular weight excluding hydrogens is 591 g/mol. The fourth-order valence-corrected chi connectivity index (χ4v) is 6.63. The molecule has 0 radical (unpaired) electrons. The van der Waals surface area contributed by atoms with Gasteiger partial charge in [0.1, 0.15) is 23.9 Å². The van der Waals surface area contributed by atoms with Crippen LogP contribution < -0.4 is 15.6 Å². The van der Waals surface area contributed by atoms with Crippen molar-refractivity contribution in [3.63, 3.8) is 0 Å². The zero-order chi connectivity index (χ0) is 31.9. The van der Waals surface area contributed by atoms with E-state index in [1.807, 2.05) is 13.8 Å². The molecule has 0 amide bonds. The number of nitrogen functional groups attached to an aromatic ring is 1.